The number of carbonyl (C=O) groups is 2. The van der Waals surface area contributed by atoms with Crippen LogP contribution in [0.15, 0.2) is 0 Å². The third kappa shape index (κ3) is 11.5. The highest BCUT2D eigenvalue weighted by Crippen LogP contribution is 2.30. The number of hydrogen-bond acceptors (Lipinski definition) is 4. The average molecular weight is 566 g/mol. The van der Waals surface area contributed by atoms with Crippen LogP contribution in [0, 0.1) is 6.92 Å². The number of carbonyl (C=O) groups excluding carboxylic acids is 1. The summed E-state index contributed by atoms with van der Waals surface area (Å²) in [5.74, 6) is -0.412. The highest BCUT2D eigenvalue weighted by molar-refractivity contribution is 6.34. The van der Waals surface area contributed by atoms with Crippen LogP contribution in [-0.4, -0.2) is 48.2 Å². The number of fused-ring (bicyclic) bond motifs is 1. The van der Waals surface area contributed by atoms with Crippen molar-refractivity contribution in [3.05, 3.63) is 16.5 Å². The molecule has 2 heterocycles. The number of carboxylic acid groups (broad SMARTS) is 1. The van der Waals surface area contributed by atoms with Crippen molar-refractivity contribution in [3.63, 3.8) is 0 Å². The number of rotatable bonds is 23. The number of hydrogen-bond donors (Lipinski definition) is 2. The number of halogens is 1. The molecule has 8 nitrogen and oxygen atoms in total. The average Bonchev–Trinajstić information content (AvgIpc) is 3.45. The highest BCUT2D eigenvalue weighted by atomic mass is 35.5. The third-order valence-electron chi connectivity index (χ3n) is 7.62. The fourth-order valence-electron chi connectivity index (χ4n) is 5.27. The second-order valence-electron chi connectivity index (χ2n) is 11.0. The summed E-state index contributed by atoms with van der Waals surface area (Å²) in [6.45, 7) is 6.94. The molecule has 0 aromatic carbocycles. The highest BCUT2D eigenvalue weighted by Gasteiger charge is 2.30. The van der Waals surface area contributed by atoms with Crippen LogP contribution in [0.25, 0.3) is 5.65 Å². The van der Waals surface area contributed by atoms with Gasteiger partial charge < -0.3 is 10.0 Å². The minimum Gasteiger partial charge on any atom is -0.481 e. The summed E-state index contributed by atoms with van der Waals surface area (Å²) in [6, 6.07) is -0.278. The van der Waals surface area contributed by atoms with Gasteiger partial charge in [0.15, 0.2) is 11.5 Å². The van der Waals surface area contributed by atoms with Crippen LogP contribution in [0.4, 0.5) is 0 Å². The van der Waals surface area contributed by atoms with E-state index in [1.165, 1.54) is 70.6 Å². The molecule has 0 aliphatic heterocycles. The van der Waals surface area contributed by atoms with Gasteiger partial charge in [-0.1, -0.05) is 122 Å². The molecular weight excluding hydrogens is 514 g/mol. The second-order valence-corrected chi connectivity index (χ2v) is 11.4. The Bertz CT molecular complexity index is 973. The SMILES string of the molecule is CCCCCCCCCCCC[C@H](c1nnc2c(Cl)c(C)[nH]n12)N(CCCCCCCC)C(=O)CCC(=O)O. The van der Waals surface area contributed by atoms with E-state index in [9.17, 15) is 14.7 Å². The maximum absolute atomic E-state index is 13.4. The van der Waals surface area contributed by atoms with E-state index in [1.807, 2.05) is 11.8 Å². The monoisotopic (exact) mass is 565 g/mol. The molecule has 39 heavy (non-hydrogen) atoms. The van der Waals surface area contributed by atoms with Gasteiger partial charge in [0.25, 0.3) is 0 Å². The molecule has 0 bridgehead atoms. The molecule has 222 valence electrons. The fraction of sp³-hybridized carbons (Fsp3) is 0.800. The number of unbranched alkanes of at least 4 members (excludes halogenated alkanes) is 14. The maximum Gasteiger partial charge on any atom is 0.303 e. The Morgan fingerprint density at radius 3 is 1.95 bits per heavy atom. The Kier molecular flexibility index (Phi) is 16.2. The van der Waals surface area contributed by atoms with Gasteiger partial charge in [0.1, 0.15) is 5.02 Å². The largest absolute Gasteiger partial charge is 0.481 e. The number of aromatic amines is 1. The van der Waals surface area contributed by atoms with Gasteiger partial charge in [0, 0.05) is 13.0 Å². The maximum atomic E-state index is 13.4. The molecule has 0 saturated heterocycles. The summed E-state index contributed by atoms with van der Waals surface area (Å²) in [5.41, 5.74) is 1.37. The van der Waals surface area contributed by atoms with E-state index in [0.717, 1.165) is 44.2 Å². The topological polar surface area (TPSA) is 104 Å². The number of carboxylic acids is 1. The van der Waals surface area contributed by atoms with E-state index in [1.54, 1.807) is 4.52 Å². The molecule has 0 aliphatic rings. The molecule has 0 fully saturated rings. The molecule has 1 amide bonds. The van der Waals surface area contributed by atoms with E-state index in [-0.39, 0.29) is 24.8 Å². The minimum absolute atomic E-state index is 0.00778. The lowest BCUT2D eigenvalue weighted by molar-refractivity contribution is -0.142. The molecule has 0 aliphatic carbocycles. The van der Waals surface area contributed by atoms with Gasteiger partial charge in [-0.25, -0.2) is 4.52 Å². The van der Waals surface area contributed by atoms with Crippen LogP contribution in [0.3, 0.4) is 0 Å². The zero-order valence-corrected chi connectivity index (χ0v) is 25.4. The number of H-pyrrole nitrogens is 1. The van der Waals surface area contributed by atoms with Gasteiger partial charge in [-0.05, 0) is 19.8 Å². The molecule has 9 heteroatoms. The predicted molar refractivity (Wildman–Crippen MR) is 158 cm³/mol. The van der Waals surface area contributed by atoms with E-state index in [0.29, 0.717) is 23.0 Å². The van der Waals surface area contributed by atoms with Crippen molar-refractivity contribution in [2.75, 3.05) is 6.54 Å². The summed E-state index contributed by atoms with van der Waals surface area (Å²) in [6.07, 6.45) is 19.7. The predicted octanol–water partition coefficient (Wildman–Crippen LogP) is 8.43. The molecule has 2 N–H and O–H groups in total. The molecule has 2 rings (SSSR count). The van der Waals surface area contributed by atoms with Gasteiger partial charge in [-0.3, -0.25) is 14.7 Å². The molecule has 2 aromatic rings. The Balaban J connectivity index is 2.10. The molecule has 0 radical (unpaired) electrons. The fourth-order valence-corrected chi connectivity index (χ4v) is 5.44. The number of amides is 1. The Labute approximate surface area is 240 Å². The zero-order valence-electron chi connectivity index (χ0n) is 24.7. The number of aryl methyl sites for hydroxylation is 1. The minimum atomic E-state index is -0.953. The van der Waals surface area contributed by atoms with Gasteiger partial charge in [0.2, 0.25) is 5.91 Å². The first-order chi connectivity index (χ1) is 18.9. The summed E-state index contributed by atoms with van der Waals surface area (Å²) in [4.78, 5) is 26.5. The lowest BCUT2D eigenvalue weighted by atomic mass is 10.0. The van der Waals surface area contributed by atoms with Crippen molar-refractivity contribution in [1.29, 1.82) is 0 Å². The van der Waals surface area contributed by atoms with E-state index < -0.39 is 5.97 Å². The normalized spacial score (nSPS) is 12.3. The first kappa shape index (κ1) is 33.1. The molecule has 0 saturated carbocycles. The van der Waals surface area contributed by atoms with Crippen molar-refractivity contribution in [2.45, 2.75) is 149 Å². The van der Waals surface area contributed by atoms with Crippen LogP contribution in [-0.2, 0) is 9.59 Å². The van der Waals surface area contributed by atoms with E-state index >= 15 is 0 Å². The first-order valence-electron chi connectivity index (χ1n) is 15.5. The number of nitrogens with zero attached hydrogens (tertiary/aromatic N) is 4. The van der Waals surface area contributed by atoms with Crippen molar-refractivity contribution >= 4 is 29.1 Å². The van der Waals surface area contributed by atoms with E-state index in [4.69, 9.17) is 11.6 Å². The van der Waals surface area contributed by atoms with Crippen LogP contribution in [0.5, 0.6) is 0 Å². The summed E-state index contributed by atoms with van der Waals surface area (Å²) >= 11 is 6.45. The van der Waals surface area contributed by atoms with Crippen LogP contribution < -0.4 is 0 Å². The summed E-state index contributed by atoms with van der Waals surface area (Å²) < 4.78 is 1.80. The summed E-state index contributed by atoms with van der Waals surface area (Å²) in [5, 5.41) is 21.8. The van der Waals surface area contributed by atoms with Gasteiger partial charge in [-0.15, -0.1) is 10.2 Å². The lowest BCUT2D eigenvalue weighted by Gasteiger charge is -2.31. The van der Waals surface area contributed by atoms with Crippen LogP contribution in [0.2, 0.25) is 5.02 Å². The Morgan fingerprint density at radius 1 is 0.846 bits per heavy atom. The number of aliphatic carboxylic acids is 1. The molecule has 0 spiro atoms. The number of nitrogens with one attached hydrogen (secondary N) is 1. The molecule has 0 unspecified atom stereocenters. The number of aromatic nitrogens is 4. The smallest absolute Gasteiger partial charge is 0.303 e. The standard InChI is InChI=1S/C30H52ClN5O3/c1-4-6-8-10-12-13-14-15-16-18-20-25(29-32-33-30-28(31)24(3)34-36(29)30)35(26(37)21-22-27(38)39)23-19-17-11-9-7-5-2/h25,34H,4-23H2,1-3H3,(H,38,39)/t25-/m1/s1. The molecular formula is C30H52ClN5O3. The zero-order chi connectivity index (χ0) is 28.5. The molecule has 1 atom stereocenters. The van der Waals surface area contributed by atoms with Crippen LogP contribution >= 0.6 is 11.6 Å². The third-order valence-corrected chi connectivity index (χ3v) is 8.08. The Morgan fingerprint density at radius 2 is 1.38 bits per heavy atom. The van der Waals surface area contributed by atoms with E-state index in [2.05, 4.69) is 29.1 Å². The van der Waals surface area contributed by atoms with Gasteiger partial charge in [-0.2, -0.15) is 0 Å². The first-order valence-corrected chi connectivity index (χ1v) is 15.9. The summed E-state index contributed by atoms with van der Waals surface area (Å²) in [7, 11) is 0. The van der Waals surface area contributed by atoms with Gasteiger partial charge in [0.05, 0.1) is 18.2 Å². The molecule has 2 aromatic heterocycles. The van der Waals surface area contributed by atoms with Crippen molar-refractivity contribution < 1.29 is 14.7 Å². The van der Waals surface area contributed by atoms with Crippen LogP contribution in [0.1, 0.15) is 153 Å². The van der Waals surface area contributed by atoms with Crippen molar-refractivity contribution in [3.8, 4) is 0 Å². The Hall–Kier alpha value is -2.09. The quantitative estimate of drug-likeness (QED) is 0.132. The van der Waals surface area contributed by atoms with Gasteiger partial charge >= 0.3 is 5.97 Å². The lowest BCUT2D eigenvalue weighted by Crippen LogP contribution is -2.37. The second kappa shape index (κ2) is 19.1. The van der Waals surface area contributed by atoms with Crippen molar-refractivity contribution in [1.82, 2.24) is 24.7 Å². The van der Waals surface area contributed by atoms with Crippen molar-refractivity contribution in [2.24, 2.45) is 0 Å².